The van der Waals surface area contributed by atoms with Gasteiger partial charge in [-0.25, -0.2) is 9.59 Å². The Morgan fingerprint density at radius 2 is 0.850 bits per heavy atom. The van der Waals surface area contributed by atoms with Gasteiger partial charge in [0.15, 0.2) is 0 Å². The molecule has 2 atom stereocenters. The van der Waals surface area contributed by atoms with Gasteiger partial charge in [0.05, 0.1) is 24.3 Å². The van der Waals surface area contributed by atoms with E-state index in [1.807, 2.05) is 0 Å². The summed E-state index contributed by atoms with van der Waals surface area (Å²) in [5, 5.41) is 0. The van der Waals surface area contributed by atoms with Crippen LogP contribution in [0.25, 0.3) is 0 Å². The molecule has 0 aliphatic carbocycles. The van der Waals surface area contributed by atoms with E-state index in [1.54, 1.807) is 24.3 Å². The summed E-state index contributed by atoms with van der Waals surface area (Å²) in [4.78, 5) is 25.9. The molecule has 0 N–H and O–H groups in total. The maximum Gasteiger partial charge on any atom is 0.339 e. The Kier molecular flexibility index (Phi) is 22.5. The first kappa shape index (κ1) is 36.2. The van der Waals surface area contributed by atoms with Crippen molar-refractivity contribution < 1.29 is 19.1 Å². The molecule has 40 heavy (non-hydrogen) atoms. The number of carbonyl (C=O) groups is 2. The number of hydrogen-bond donors (Lipinski definition) is 0. The van der Waals surface area contributed by atoms with Crippen LogP contribution in [0.15, 0.2) is 24.3 Å². The second-order valence-electron chi connectivity index (χ2n) is 11.8. The quantitative estimate of drug-likeness (QED) is 0.0838. The van der Waals surface area contributed by atoms with E-state index in [-0.39, 0.29) is 0 Å². The lowest BCUT2D eigenvalue weighted by atomic mass is 9.98. The zero-order valence-electron chi connectivity index (χ0n) is 26.7. The van der Waals surface area contributed by atoms with Gasteiger partial charge >= 0.3 is 11.9 Å². The van der Waals surface area contributed by atoms with Crippen molar-refractivity contribution in [2.24, 2.45) is 11.8 Å². The molecule has 0 aliphatic heterocycles. The Hall–Kier alpha value is -1.84. The van der Waals surface area contributed by atoms with Crippen LogP contribution in [0.1, 0.15) is 177 Å². The topological polar surface area (TPSA) is 52.6 Å². The second kappa shape index (κ2) is 24.9. The lowest BCUT2D eigenvalue weighted by molar-refractivity contribution is 0.0381. The van der Waals surface area contributed by atoms with Gasteiger partial charge < -0.3 is 9.47 Å². The molecule has 0 aliphatic rings. The highest BCUT2D eigenvalue weighted by Crippen LogP contribution is 2.20. The Labute approximate surface area is 247 Å². The molecule has 4 nitrogen and oxygen atoms in total. The van der Waals surface area contributed by atoms with Crippen molar-refractivity contribution in [3.63, 3.8) is 0 Å². The predicted molar refractivity (Wildman–Crippen MR) is 169 cm³/mol. The molecule has 0 unspecified atom stereocenters. The van der Waals surface area contributed by atoms with Crippen LogP contribution in [-0.2, 0) is 9.47 Å². The molecule has 1 aromatic rings. The fourth-order valence-electron chi connectivity index (χ4n) is 5.33. The molecule has 1 rings (SSSR count). The molecule has 0 aromatic heterocycles. The van der Waals surface area contributed by atoms with Gasteiger partial charge in [-0.1, -0.05) is 155 Å². The van der Waals surface area contributed by atoms with E-state index in [2.05, 4.69) is 27.7 Å². The van der Waals surface area contributed by atoms with Crippen LogP contribution in [0.5, 0.6) is 0 Å². The lowest BCUT2D eigenvalue weighted by Gasteiger charge is -2.17. The average molecular weight is 559 g/mol. The smallest absolute Gasteiger partial charge is 0.339 e. The summed E-state index contributed by atoms with van der Waals surface area (Å²) >= 11 is 0. The molecule has 0 spiro atoms. The van der Waals surface area contributed by atoms with E-state index in [1.165, 1.54) is 103 Å². The summed E-state index contributed by atoms with van der Waals surface area (Å²) in [6.45, 7) is 9.64. The zero-order chi connectivity index (χ0) is 29.3. The van der Waals surface area contributed by atoms with E-state index in [4.69, 9.17) is 9.47 Å². The highest BCUT2D eigenvalue weighted by molar-refractivity contribution is 6.03. The first-order chi connectivity index (χ1) is 19.6. The molecule has 0 saturated carbocycles. The van der Waals surface area contributed by atoms with E-state index in [9.17, 15) is 9.59 Å². The third-order valence-corrected chi connectivity index (χ3v) is 8.35. The van der Waals surface area contributed by atoms with Crippen molar-refractivity contribution in [2.45, 2.75) is 156 Å². The van der Waals surface area contributed by atoms with Gasteiger partial charge in [-0.05, 0) is 36.8 Å². The first-order valence-corrected chi connectivity index (χ1v) is 17.0. The van der Waals surface area contributed by atoms with E-state index >= 15 is 0 Å². The molecule has 0 fully saturated rings. The van der Waals surface area contributed by atoms with Crippen molar-refractivity contribution in [1.82, 2.24) is 0 Å². The normalized spacial score (nSPS) is 12.7. The second-order valence-corrected chi connectivity index (χ2v) is 11.8. The molecule has 0 saturated heterocycles. The van der Waals surface area contributed by atoms with Crippen LogP contribution in [0, 0.1) is 11.8 Å². The number of rotatable bonds is 26. The highest BCUT2D eigenvalue weighted by Gasteiger charge is 2.21. The summed E-state index contributed by atoms with van der Waals surface area (Å²) in [6.07, 6.45) is 25.0. The largest absolute Gasteiger partial charge is 0.462 e. The van der Waals surface area contributed by atoms with E-state index < -0.39 is 11.9 Å². The van der Waals surface area contributed by atoms with Gasteiger partial charge in [0.2, 0.25) is 0 Å². The minimum absolute atomic E-state index is 0.311. The van der Waals surface area contributed by atoms with Crippen LogP contribution < -0.4 is 0 Å². The van der Waals surface area contributed by atoms with Crippen LogP contribution in [0.4, 0.5) is 0 Å². The lowest BCUT2D eigenvalue weighted by Crippen LogP contribution is -2.19. The Balaban J connectivity index is 2.41. The molecule has 4 heteroatoms. The van der Waals surface area contributed by atoms with Gasteiger partial charge in [0.25, 0.3) is 0 Å². The molecule has 1 aromatic carbocycles. The van der Waals surface area contributed by atoms with Gasteiger partial charge in [0, 0.05) is 0 Å². The van der Waals surface area contributed by atoms with Crippen molar-refractivity contribution in [1.29, 1.82) is 0 Å². The maximum atomic E-state index is 12.9. The number of hydrogen-bond acceptors (Lipinski definition) is 4. The van der Waals surface area contributed by atoms with Gasteiger partial charge in [-0.15, -0.1) is 0 Å². The average Bonchev–Trinajstić information content (AvgIpc) is 2.98. The molecular weight excluding hydrogens is 496 g/mol. The number of ether oxygens (including phenoxy) is 2. The van der Waals surface area contributed by atoms with E-state index in [0.717, 1.165) is 25.7 Å². The summed E-state index contributed by atoms with van der Waals surface area (Å²) in [5.74, 6) is -0.115. The molecule has 0 amide bonds. The number of carbonyl (C=O) groups excluding carboxylic acids is 2. The van der Waals surface area contributed by atoms with Crippen molar-refractivity contribution in [2.75, 3.05) is 13.2 Å². The predicted octanol–water partition coefficient (Wildman–Crippen LogP) is 11.1. The van der Waals surface area contributed by atoms with Crippen LogP contribution in [0.3, 0.4) is 0 Å². The summed E-state index contributed by atoms with van der Waals surface area (Å²) in [5.41, 5.74) is 0.621. The minimum atomic E-state index is -0.423. The fourth-order valence-corrected chi connectivity index (χ4v) is 5.33. The summed E-state index contributed by atoms with van der Waals surface area (Å²) in [7, 11) is 0. The molecular formula is C36H62O4. The van der Waals surface area contributed by atoms with Crippen molar-refractivity contribution >= 4 is 11.9 Å². The number of benzene rings is 1. The molecule has 0 heterocycles. The third-order valence-electron chi connectivity index (χ3n) is 8.35. The fraction of sp³-hybridized carbons (Fsp3) is 0.778. The van der Waals surface area contributed by atoms with Crippen LogP contribution in [0.2, 0.25) is 0 Å². The zero-order valence-corrected chi connectivity index (χ0v) is 26.7. The van der Waals surface area contributed by atoms with Gasteiger partial charge in [-0.3, -0.25) is 0 Å². The van der Waals surface area contributed by atoms with Gasteiger partial charge in [0.1, 0.15) is 0 Å². The van der Waals surface area contributed by atoms with Gasteiger partial charge in [-0.2, -0.15) is 0 Å². The number of unbranched alkanes of at least 4 members (excludes halogenated alkanes) is 14. The monoisotopic (exact) mass is 558 g/mol. The Bertz CT molecular complexity index is 696. The van der Waals surface area contributed by atoms with E-state index in [0.29, 0.717) is 36.2 Å². The summed E-state index contributed by atoms with van der Waals surface area (Å²) < 4.78 is 11.4. The first-order valence-electron chi connectivity index (χ1n) is 17.0. The Morgan fingerprint density at radius 3 is 1.18 bits per heavy atom. The van der Waals surface area contributed by atoms with Crippen molar-refractivity contribution in [3.05, 3.63) is 35.4 Å². The number of esters is 2. The standard InChI is InChI=1S/C36H62O4/c1-5-9-11-13-15-17-19-21-25-31(7-3)29-39-35(37)33-27-23-24-28-34(33)36(38)40-30-32(8-4)26-22-20-18-16-14-12-10-6-2/h23-24,27-28,31-32H,5-22,25-26,29-30H2,1-4H3/t31-,32+. The maximum absolute atomic E-state index is 12.9. The Morgan fingerprint density at radius 1 is 0.525 bits per heavy atom. The molecule has 230 valence electrons. The highest BCUT2D eigenvalue weighted by atomic mass is 16.5. The molecule has 0 radical (unpaired) electrons. The summed E-state index contributed by atoms with van der Waals surface area (Å²) in [6, 6.07) is 6.91. The van der Waals surface area contributed by atoms with Crippen LogP contribution >= 0.6 is 0 Å². The SMILES string of the molecule is CCCCCCCCCC[C@@H](CC)COC(=O)c1ccccc1C(=O)OC[C@@H](CC)CCCCCCCCCC. The molecule has 0 bridgehead atoms. The minimum Gasteiger partial charge on any atom is -0.462 e. The van der Waals surface area contributed by atoms with Crippen molar-refractivity contribution in [3.8, 4) is 0 Å². The third kappa shape index (κ3) is 17.1. The van der Waals surface area contributed by atoms with Crippen LogP contribution in [-0.4, -0.2) is 25.2 Å².